The minimum atomic E-state index is 0.236. The van der Waals surface area contributed by atoms with Crippen molar-refractivity contribution in [2.24, 2.45) is 17.8 Å². The lowest BCUT2D eigenvalue weighted by molar-refractivity contribution is 0.0841. The number of aryl methyl sites for hydroxylation is 2. The van der Waals surface area contributed by atoms with Crippen LogP contribution in [-0.4, -0.2) is 10.8 Å². The molecule has 94 valence electrons. The number of ketones is 1. The summed E-state index contributed by atoms with van der Waals surface area (Å²) in [6, 6.07) is 0. The van der Waals surface area contributed by atoms with Gasteiger partial charge < -0.3 is 0 Å². The maximum Gasteiger partial charge on any atom is 0.177 e. The number of hydrogen-bond donors (Lipinski definition) is 0. The van der Waals surface area contributed by atoms with Gasteiger partial charge in [-0.05, 0) is 44.9 Å². The standard InChI is InChI=1S/C14H21NOS/c1-8-5-6-12(7-9(8)2)13(16)14-10(3)15-11(4)17-14/h8-9,12H,5-7H2,1-4H3. The van der Waals surface area contributed by atoms with E-state index < -0.39 is 0 Å². The molecule has 0 spiro atoms. The largest absolute Gasteiger partial charge is 0.293 e. The van der Waals surface area contributed by atoms with Crippen molar-refractivity contribution in [2.45, 2.75) is 47.0 Å². The summed E-state index contributed by atoms with van der Waals surface area (Å²) < 4.78 is 0. The highest BCUT2D eigenvalue weighted by molar-refractivity contribution is 7.13. The highest BCUT2D eigenvalue weighted by atomic mass is 32.1. The third-order valence-corrected chi connectivity index (χ3v) is 5.18. The molecule has 1 aromatic rings. The molecule has 0 aromatic carbocycles. The quantitative estimate of drug-likeness (QED) is 0.743. The van der Waals surface area contributed by atoms with Crippen molar-refractivity contribution in [3.8, 4) is 0 Å². The monoisotopic (exact) mass is 251 g/mol. The van der Waals surface area contributed by atoms with Gasteiger partial charge in [0.1, 0.15) is 0 Å². The van der Waals surface area contributed by atoms with E-state index in [1.54, 1.807) is 11.3 Å². The van der Waals surface area contributed by atoms with Crippen LogP contribution in [0.1, 0.15) is 53.5 Å². The van der Waals surface area contributed by atoms with Crippen LogP contribution in [0.25, 0.3) is 0 Å². The molecular formula is C14H21NOS. The fourth-order valence-corrected chi connectivity index (χ4v) is 3.67. The Labute approximate surface area is 107 Å². The summed E-state index contributed by atoms with van der Waals surface area (Å²) in [5.41, 5.74) is 0.920. The van der Waals surface area contributed by atoms with Gasteiger partial charge in [0.2, 0.25) is 0 Å². The molecule has 3 unspecified atom stereocenters. The summed E-state index contributed by atoms with van der Waals surface area (Å²) in [4.78, 5) is 17.7. The third kappa shape index (κ3) is 2.59. The topological polar surface area (TPSA) is 30.0 Å². The van der Waals surface area contributed by atoms with Crippen molar-refractivity contribution in [1.82, 2.24) is 4.98 Å². The van der Waals surface area contributed by atoms with Crippen LogP contribution >= 0.6 is 11.3 Å². The zero-order valence-electron chi connectivity index (χ0n) is 11.1. The van der Waals surface area contributed by atoms with Gasteiger partial charge in [-0.15, -0.1) is 11.3 Å². The molecule has 3 heteroatoms. The van der Waals surface area contributed by atoms with Crippen molar-refractivity contribution in [3.63, 3.8) is 0 Å². The Morgan fingerprint density at radius 3 is 2.47 bits per heavy atom. The molecule has 0 radical (unpaired) electrons. The van der Waals surface area contributed by atoms with Crippen LogP contribution in [0, 0.1) is 31.6 Å². The van der Waals surface area contributed by atoms with Crippen LogP contribution in [-0.2, 0) is 0 Å². The molecule has 0 bridgehead atoms. The Kier molecular flexibility index (Phi) is 3.67. The molecule has 1 aromatic heterocycles. The average Bonchev–Trinajstić information content (AvgIpc) is 2.61. The third-order valence-electron chi connectivity index (χ3n) is 4.10. The highest BCUT2D eigenvalue weighted by Gasteiger charge is 2.31. The van der Waals surface area contributed by atoms with E-state index in [1.807, 2.05) is 13.8 Å². The summed E-state index contributed by atoms with van der Waals surface area (Å²) in [6.07, 6.45) is 3.30. The fraction of sp³-hybridized carbons (Fsp3) is 0.714. The SMILES string of the molecule is Cc1nc(C)c(C(=O)C2CCC(C)C(C)C2)s1. The van der Waals surface area contributed by atoms with Crippen LogP contribution in [0.2, 0.25) is 0 Å². The molecular weight excluding hydrogens is 230 g/mol. The molecule has 3 atom stereocenters. The lowest BCUT2D eigenvalue weighted by Gasteiger charge is -2.30. The predicted molar refractivity (Wildman–Crippen MR) is 71.6 cm³/mol. The second-order valence-electron chi connectivity index (χ2n) is 5.48. The van der Waals surface area contributed by atoms with E-state index in [2.05, 4.69) is 18.8 Å². The Morgan fingerprint density at radius 2 is 1.94 bits per heavy atom. The molecule has 1 saturated carbocycles. The highest BCUT2D eigenvalue weighted by Crippen LogP contribution is 2.36. The first kappa shape index (κ1) is 12.7. The van der Waals surface area contributed by atoms with Gasteiger partial charge in [0.25, 0.3) is 0 Å². The van der Waals surface area contributed by atoms with Crippen LogP contribution in [0.4, 0.5) is 0 Å². The fourth-order valence-electron chi connectivity index (χ4n) is 2.73. The average molecular weight is 251 g/mol. The van der Waals surface area contributed by atoms with Gasteiger partial charge in [-0.25, -0.2) is 4.98 Å². The maximum absolute atomic E-state index is 12.5. The van der Waals surface area contributed by atoms with E-state index in [0.717, 1.165) is 34.3 Å². The van der Waals surface area contributed by atoms with Crippen LogP contribution in [0.3, 0.4) is 0 Å². The number of carbonyl (C=O) groups excluding carboxylic acids is 1. The molecule has 0 saturated heterocycles. The smallest absolute Gasteiger partial charge is 0.177 e. The van der Waals surface area contributed by atoms with Crippen molar-refractivity contribution >= 4 is 17.1 Å². The van der Waals surface area contributed by atoms with Gasteiger partial charge >= 0.3 is 0 Å². The molecule has 1 aliphatic carbocycles. The van der Waals surface area contributed by atoms with Crippen LogP contribution in [0.15, 0.2) is 0 Å². The van der Waals surface area contributed by atoms with Crippen LogP contribution in [0.5, 0.6) is 0 Å². The summed E-state index contributed by atoms with van der Waals surface area (Å²) in [5.74, 6) is 2.02. The van der Waals surface area contributed by atoms with Gasteiger partial charge in [0.15, 0.2) is 5.78 Å². The molecule has 17 heavy (non-hydrogen) atoms. The van der Waals surface area contributed by atoms with Crippen molar-refractivity contribution in [2.75, 3.05) is 0 Å². The van der Waals surface area contributed by atoms with E-state index in [9.17, 15) is 4.79 Å². The molecule has 0 aliphatic heterocycles. The minimum absolute atomic E-state index is 0.236. The molecule has 2 rings (SSSR count). The maximum atomic E-state index is 12.5. The summed E-state index contributed by atoms with van der Waals surface area (Å²) in [5, 5.41) is 1.00. The summed E-state index contributed by atoms with van der Waals surface area (Å²) >= 11 is 1.56. The molecule has 1 fully saturated rings. The Balaban J connectivity index is 2.13. The molecule has 0 amide bonds. The van der Waals surface area contributed by atoms with E-state index in [0.29, 0.717) is 11.7 Å². The number of nitrogens with zero attached hydrogens (tertiary/aromatic N) is 1. The Bertz CT molecular complexity index is 424. The minimum Gasteiger partial charge on any atom is -0.293 e. The number of rotatable bonds is 2. The van der Waals surface area contributed by atoms with E-state index in [-0.39, 0.29) is 5.92 Å². The predicted octanol–water partition coefficient (Wildman–Crippen LogP) is 4.01. The van der Waals surface area contributed by atoms with E-state index >= 15 is 0 Å². The van der Waals surface area contributed by atoms with E-state index in [4.69, 9.17) is 0 Å². The van der Waals surface area contributed by atoms with Crippen LogP contribution < -0.4 is 0 Å². The summed E-state index contributed by atoms with van der Waals surface area (Å²) in [6.45, 7) is 8.49. The number of thiazole rings is 1. The normalized spacial score (nSPS) is 29.3. The summed E-state index contributed by atoms with van der Waals surface area (Å²) in [7, 11) is 0. The van der Waals surface area contributed by atoms with E-state index in [1.165, 1.54) is 6.42 Å². The Hall–Kier alpha value is -0.700. The zero-order chi connectivity index (χ0) is 12.6. The van der Waals surface area contributed by atoms with Crippen molar-refractivity contribution in [3.05, 3.63) is 15.6 Å². The molecule has 2 nitrogen and oxygen atoms in total. The second kappa shape index (κ2) is 4.89. The number of aromatic nitrogens is 1. The zero-order valence-corrected chi connectivity index (χ0v) is 11.9. The van der Waals surface area contributed by atoms with Gasteiger partial charge in [0, 0.05) is 5.92 Å². The first-order chi connectivity index (χ1) is 7.99. The Morgan fingerprint density at radius 1 is 1.24 bits per heavy atom. The van der Waals surface area contributed by atoms with Crippen molar-refractivity contribution in [1.29, 1.82) is 0 Å². The van der Waals surface area contributed by atoms with Crippen molar-refractivity contribution < 1.29 is 4.79 Å². The molecule has 1 aliphatic rings. The second-order valence-corrected chi connectivity index (χ2v) is 6.68. The van der Waals surface area contributed by atoms with Gasteiger partial charge in [0.05, 0.1) is 15.6 Å². The van der Waals surface area contributed by atoms with Gasteiger partial charge in [-0.1, -0.05) is 13.8 Å². The molecule has 1 heterocycles. The number of carbonyl (C=O) groups is 1. The lowest BCUT2D eigenvalue weighted by atomic mass is 9.74. The first-order valence-electron chi connectivity index (χ1n) is 6.47. The number of Topliss-reactive ketones (excluding diaryl/α,β-unsaturated/α-hetero) is 1. The molecule has 0 N–H and O–H groups in total. The number of hydrogen-bond acceptors (Lipinski definition) is 3. The first-order valence-corrected chi connectivity index (χ1v) is 7.29. The van der Waals surface area contributed by atoms with Gasteiger partial charge in [-0.3, -0.25) is 4.79 Å². The van der Waals surface area contributed by atoms with Gasteiger partial charge in [-0.2, -0.15) is 0 Å². The lowest BCUT2D eigenvalue weighted by Crippen LogP contribution is -2.26.